The standard InChI is InChI=1S/C15H14F3NO2S/c1-10-13-3-2-12(8-11(13)4-6-19-10)22(20,21)7-5-14(17)15(18)9-16/h2-4,6,8H,5,7,9H2,1H3. The van der Waals surface area contributed by atoms with Gasteiger partial charge in [-0.2, -0.15) is 0 Å². The maximum atomic E-state index is 13.1. The number of benzene rings is 1. The first kappa shape index (κ1) is 16.5. The summed E-state index contributed by atoms with van der Waals surface area (Å²) in [5, 5.41) is 1.51. The molecule has 0 fully saturated rings. The lowest BCUT2D eigenvalue weighted by atomic mass is 10.1. The molecule has 1 aromatic heterocycles. The second-order valence-electron chi connectivity index (χ2n) is 4.79. The molecule has 0 saturated heterocycles. The van der Waals surface area contributed by atoms with Gasteiger partial charge in [0.1, 0.15) is 12.5 Å². The first-order valence-corrected chi connectivity index (χ1v) is 8.17. The van der Waals surface area contributed by atoms with Crippen molar-refractivity contribution < 1.29 is 21.6 Å². The van der Waals surface area contributed by atoms with Crippen molar-refractivity contribution in [2.24, 2.45) is 0 Å². The molecule has 22 heavy (non-hydrogen) atoms. The van der Waals surface area contributed by atoms with E-state index in [0.29, 0.717) is 5.39 Å². The van der Waals surface area contributed by atoms with Crippen LogP contribution in [-0.2, 0) is 9.84 Å². The highest BCUT2D eigenvalue weighted by atomic mass is 32.2. The Labute approximate surface area is 126 Å². The molecule has 0 unspecified atom stereocenters. The van der Waals surface area contributed by atoms with E-state index in [4.69, 9.17) is 0 Å². The number of fused-ring (bicyclic) bond motifs is 1. The Hall–Kier alpha value is -1.89. The number of hydrogen-bond acceptors (Lipinski definition) is 3. The zero-order valence-corrected chi connectivity index (χ0v) is 12.6. The van der Waals surface area contributed by atoms with Crippen molar-refractivity contribution in [1.82, 2.24) is 4.98 Å². The molecule has 2 rings (SSSR count). The fraction of sp³-hybridized carbons (Fsp3) is 0.267. The van der Waals surface area contributed by atoms with Crippen LogP contribution in [0.1, 0.15) is 12.1 Å². The molecule has 2 aromatic rings. The van der Waals surface area contributed by atoms with Gasteiger partial charge >= 0.3 is 0 Å². The van der Waals surface area contributed by atoms with E-state index >= 15 is 0 Å². The van der Waals surface area contributed by atoms with Crippen molar-refractivity contribution in [3.63, 3.8) is 0 Å². The summed E-state index contributed by atoms with van der Waals surface area (Å²) in [7, 11) is -3.79. The topological polar surface area (TPSA) is 47.0 Å². The quantitative estimate of drug-likeness (QED) is 0.837. The second-order valence-corrected chi connectivity index (χ2v) is 6.90. The van der Waals surface area contributed by atoms with Gasteiger partial charge < -0.3 is 0 Å². The van der Waals surface area contributed by atoms with E-state index in [1.54, 1.807) is 25.3 Å². The molecule has 0 saturated carbocycles. The predicted molar refractivity (Wildman–Crippen MR) is 78.4 cm³/mol. The van der Waals surface area contributed by atoms with Crippen LogP contribution in [0.2, 0.25) is 0 Å². The molecule has 0 atom stereocenters. The molecule has 0 N–H and O–H groups in total. The number of sulfone groups is 1. The van der Waals surface area contributed by atoms with Gasteiger partial charge in [-0.3, -0.25) is 4.98 Å². The summed E-state index contributed by atoms with van der Waals surface area (Å²) in [6.07, 6.45) is 0.874. The summed E-state index contributed by atoms with van der Waals surface area (Å²) in [6.45, 7) is 0.227. The molecule has 0 aliphatic carbocycles. The lowest BCUT2D eigenvalue weighted by Gasteiger charge is -2.07. The monoisotopic (exact) mass is 329 g/mol. The first-order valence-electron chi connectivity index (χ1n) is 6.52. The minimum atomic E-state index is -3.79. The van der Waals surface area contributed by atoms with Gasteiger partial charge in [-0.25, -0.2) is 21.6 Å². The molecule has 0 aliphatic heterocycles. The summed E-state index contributed by atoms with van der Waals surface area (Å²) < 4.78 is 62.1. The van der Waals surface area contributed by atoms with Gasteiger partial charge in [0.15, 0.2) is 15.7 Å². The van der Waals surface area contributed by atoms with E-state index in [1.807, 2.05) is 0 Å². The van der Waals surface area contributed by atoms with Gasteiger partial charge in [-0.15, -0.1) is 0 Å². The van der Waals surface area contributed by atoms with Crippen LogP contribution < -0.4 is 0 Å². The molecule has 0 amide bonds. The van der Waals surface area contributed by atoms with Crippen LogP contribution in [0.3, 0.4) is 0 Å². The third kappa shape index (κ3) is 3.47. The molecule has 1 heterocycles. The molecule has 0 aliphatic rings. The summed E-state index contributed by atoms with van der Waals surface area (Å²) >= 11 is 0. The van der Waals surface area contributed by atoms with Gasteiger partial charge in [0.2, 0.25) is 0 Å². The predicted octanol–water partition coefficient (Wildman–Crippen LogP) is 3.83. The molecule has 118 valence electrons. The van der Waals surface area contributed by atoms with Crippen molar-refractivity contribution in [1.29, 1.82) is 0 Å². The summed E-state index contributed by atoms with van der Waals surface area (Å²) in [6, 6.07) is 6.16. The Morgan fingerprint density at radius 1 is 1.18 bits per heavy atom. The normalized spacial score (nSPS) is 13.3. The van der Waals surface area contributed by atoms with Crippen molar-refractivity contribution in [2.75, 3.05) is 12.4 Å². The number of aryl methyl sites for hydroxylation is 1. The fourth-order valence-electron chi connectivity index (χ4n) is 2.05. The number of nitrogens with zero attached hydrogens (tertiary/aromatic N) is 1. The van der Waals surface area contributed by atoms with Gasteiger partial charge in [-0.05, 0) is 30.5 Å². The van der Waals surface area contributed by atoms with Crippen LogP contribution >= 0.6 is 0 Å². The molecular weight excluding hydrogens is 315 g/mol. The third-order valence-corrected chi connectivity index (χ3v) is 5.01. The van der Waals surface area contributed by atoms with E-state index in [2.05, 4.69) is 4.98 Å². The molecule has 1 aromatic carbocycles. The minimum absolute atomic E-state index is 0.0130. The number of alkyl halides is 1. The van der Waals surface area contributed by atoms with E-state index in [0.717, 1.165) is 11.1 Å². The Balaban J connectivity index is 2.30. The Morgan fingerprint density at radius 2 is 1.91 bits per heavy atom. The highest BCUT2D eigenvalue weighted by Gasteiger charge is 2.17. The summed E-state index contributed by atoms with van der Waals surface area (Å²) in [4.78, 5) is 4.12. The van der Waals surface area contributed by atoms with Crippen LogP contribution in [0, 0.1) is 6.92 Å². The van der Waals surface area contributed by atoms with Crippen LogP contribution in [0.5, 0.6) is 0 Å². The van der Waals surface area contributed by atoms with Gasteiger partial charge in [0.05, 0.1) is 10.6 Å². The Morgan fingerprint density at radius 3 is 2.59 bits per heavy atom. The molecule has 0 bridgehead atoms. The maximum absolute atomic E-state index is 13.1. The second kappa shape index (κ2) is 6.48. The Kier molecular flexibility index (Phi) is 4.85. The SMILES string of the molecule is Cc1nccc2cc(S(=O)(=O)CCC(F)=C(F)CF)ccc12. The Bertz CT molecular complexity index is 832. The number of aromatic nitrogens is 1. The number of allylic oxidation sites excluding steroid dienone is 2. The van der Waals surface area contributed by atoms with Gasteiger partial charge in [0, 0.05) is 23.7 Å². The highest BCUT2D eigenvalue weighted by molar-refractivity contribution is 7.91. The summed E-state index contributed by atoms with van der Waals surface area (Å²) in [5.74, 6) is -3.55. The molecule has 3 nitrogen and oxygen atoms in total. The largest absolute Gasteiger partial charge is 0.261 e. The molecular formula is C15H14F3NO2S. The first-order chi connectivity index (χ1) is 10.3. The number of rotatable bonds is 5. The van der Waals surface area contributed by atoms with Crippen LogP contribution in [0.15, 0.2) is 47.0 Å². The van der Waals surface area contributed by atoms with Crippen LogP contribution in [0.4, 0.5) is 13.2 Å². The minimum Gasteiger partial charge on any atom is -0.261 e. The third-order valence-electron chi connectivity index (χ3n) is 3.30. The van der Waals surface area contributed by atoms with Crippen molar-refractivity contribution >= 4 is 20.6 Å². The van der Waals surface area contributed by atoms with Crippen molar-refractivity contribution in [3.8, 4) is 0 Å². The number of hydrogen-bond donors (Lipinski definition) is 0. The lowest BCUT2D eigenvalue weighted by Crippen LogP contribution is -2.07. The van der Waals surface area contributed by atoms with Crippen molar-refractivity contribution in [3.05, 3.63) is 47.8 Å². The number of pyridine rings is 1. The van der Waals surface area contributed by atoms with Gasteiger partial charge in [-0.1, -0.05) is 6.07 Å². The molecule has 0 radical (unpaired) electrons. The highest BCUT2D eigenvalue weighted by Crippen LogP contribution is 2.23. The lowest BCUT2D eigenvalue weighted by molar-refractivity contribution is 0.421. The zero-order valence-electron chi connectivity index (χ0n) is 11.8. The van der Waals surface area contributed by atoms with Crippen molar-refractivity contribution in [2.45, 2.75) is 18.2 Å². The fourth-order valence-corrected chi connectivity index (χ4v) is 3.32. The van der Waals surface area contributed by atoms with Gasteiger partial charge in [0.25, 0.3) is 0 Å². The zero-order chi connectivity index (χ0) is 16.3. The molecule has 0 spiro atoms. The number of halogens is 3. The van der Waals surface area contributed by atoms with Crippen LogP contribution in [0.25, 0.3) is 10.8 Å². The maximum Gasteiger partial charge on any atom is 0.178 e. The average Bonchev–Trinajstić information content (AvgIpc) is 2.51. The smallest absolute Gasteiger partial charge is 0.178 e. The van der Waals surface area contributed by atoms with Crippen LogP contribution in [-0.4, -0.2) is 25.8 Å². The van der Waals surface area contributed by atoms with E-state index in [9.17, 15) is 21.6 Å². The van der Waals surface area contributed by atoms with E-state index < -0.39 is 40.3 Å². The molecule has 7 heteroatoms. The average molecular weight is 329 g/mol. The van der Waals surface area contributed by atoms with E-state index in [-0.39, 0.29) is 4.90 Å². The van der Waals surface area contributed by atoms with E-state index in [1.165, 1.54) is 12.1 Å². The summed E-state index contributed by atoms with van der Waals surface area (Å²) in [5.41, 5.74) is 0.764.